The van der Waals surface area contributed by atoms with E-state index in [9.17, 15) is 4.79 Å². The average molecular weight is 313 g/mol. The Bertz CT molecular complexity index is 605. The van der Waals surface area contributed by atoms with Crippen LogP contribution >= 0.6 is 0 Å². The van der Waals surface area contributed by atoms with Gasteiger partial charge in [-0.15, -0.1) is 0 Å². The first kappa shape index (κ1) is 16.0. The van der Waals surface area contributed by atoms with E-state index in [0.717, 1.165) is 26.1 Å². The Labute approximate surface area is 137 Å². The van der Waals surface area contributed by atoms with Crippen molar-refractivity contribution in [3.63, 3.8) is 0 Å². The summed E-state index contributed by atoms with van der Waals surface area (Å²) in [5.41, 5.74) is 1.11. The molecule has 0 N–H and O–H groups in total. The van der Waals surface area contributed by atoms with Gasteiger partial charge in [0.25, 0.3) is 5.91 Å². The van der Waals surface area contributed by atoms with Crippen molar-refractivity contribution in [3.05, 3.63) is 35.4 Å². The number of nitriles is 1. The Kier molecular flexibility index (Phi) is 4.94. The van der Waals surface area contributed by atoms with Crippen molar-refractivity contribution in [3.8, 4) is 6.07 Å². The summed E-state index contributed by atoms with van der Waals surface area (Å²) in [4.78, 5) is 17.3. The van der Waals surface area contributed by atoms with Gasteiger partial charge in [0.2, 0.25) is 0 Å². The van der Waals surface area contributed by atoms with Crippen LogP contribution in [0.15, 0.2) is 24.3 Å². The van der Waals surface area contributed by atoms with Gasteiger partial charge in [-0.3, -0.25) is 4.79 Å². The highest BCUT2D eigenvalue weighted by molar-refractivity contribution is 5.95. The molecule has 2 aliphatic rings. The Morgan fingerprint density at radius 1 is 1.39 bits per heavy atom. The van der Waals surface area contributed by atoms with Gasteiger partial charge in [-0.2, -0.15) is 5.26 Å². The predicted molar refractivity (Wildman–Crippen MR) is 87.1 cm³/mol. The number of nitrogens with zero attached hydrogens (tertiary/aromatic N) is 3. The highest BCUT2D eigenvalue weighted by Gasteiger charge is 2.37. The summed E-state index contributed by atoms with van der Waals surface area (Å²) in [6.45, 7) is 3.80. The van der Waals surface area contributed by atoms with Crippen molar-refractivity contribution in [2.24, 2.45) is 0 Å². The van der Waals surface area contributed by atoms with Gasteiger partial charge in [0, 0.05) is 31.8 Å². The predicted octanol–water partition coefficient (Wildman–Crippen LogP) is 1.88. The first-order valence-electron chi connectivity index (χ1n) is 8.27. The zero-order valence-electron chi connectivity index (χ0n) is 13.6. The van der Waals surface area contributed by atoms with Crippen molar-refractivity contribution in [1.82, 2.24) is 9.80 Å². The second-order valence-corrected chi connectivity index (χ2v) is 6.41. The van der Waals surface area contributed by atoms with Crippen LogP contribution in [0.2, 0.25) is 0 Å². The van der Waals surface area contributed by atoms with E-state index in [1.54, 1.807) is 31.4 Å². The number of hydrogen-bond acceptors (Lipinski definition) is 4. The molecule has 0 bridgehead atoms. The number of rotatable bonds is 4. The summed E-state index contributed by atoms with van der Waals surface area (Å²) in [5.74, 6) is 0.00541. The number of carbonyl (C=O) groups is 1. The zero-order chi connectivity index (χ0) is 16.2. The average Bonchev–Trinajstić information content (AvgIpc) is 3.24. The smallest absolute Gasteiger partial charge is 0.254 e. The molecule has 0 saturated carbocycles. The monoisotopic (exact) mass is 313 g/mol. The van der Waals surface area contributed by atoms with Gasteiger partial charge in [-0.1, -0.05) is 6.07 Å². The van der Waals surface area contributed by atoms with Gasteiger partial charge in [-0.25, -0.2) is 0 Å². The molecule has 0 aliphatic carbocycles. The molecule has 0 unspecified atom stereocenters. The van der Waals surface area contributed by atoms with Crippen molar-refractivity contribution >= 4 is 5.91 Å². The van der Waals surface area contributed by atoms with Crippen LogP contribution in [0.5, 0.6) is 0 Å². The third-order valence-electron chi connectivity index (χ3n) is 4.88. The normalized spacial score (nSPS) is 24.8. The third-order valence-corrected chi connectivity index (χ3v) is 4.88. The maximum absolute atomic E-state index is 12.9. The van der Waals surface area contributed by atoms with E-state index in [1.807, 2.05) is 4.90 Å². The van der Waals surface area contributed by atoms with Crippen molar-refractivity contribution in [1.29, 1.82) is 5.26 Å². The Morgan fingerprint density at radius 3 is 2.87 bits per heavy atom. The zero-order valence-corrected chi connectivity index (χ0v) is 13.6. The van der Waals surface area contributed by atoms with Crippen LogP contribution in [0, 0.1) is 11.3 Å². The molecular formula is C18H23N3O2. The van der Waals surface area contributed by atoms with Crippen LogP contribution in [0.4, 0.5) is 0 Å². The Hall–Kier alpha value is -1.90. The second kappa shape index (κ2) is 7.12. The molecule has 1 aromatic rings. The molecule has 5 heteroatoms. The molecule has 0 spiro atoms. The fourth-order valence-electron chi connectivity index (χ4n) is 3.62. The summed E-state index contributed by atoms with van der Waals surface area (Å²) in [6, 6.07) is 9.25. The molecule has 2 heterocycles. The summed E-state index contributed by atoms with van der Waals surface area (Å²) in [7, 11) is 1.71. The highest BCUT2D eigenvalue weighted by Crippen LogP contribution is 2.24. The molecule has 23 heavy (non-hydrogen) atoms. The summed E-state index contributed by atoms with van der Waals surface area (Å²) in [5, 5.41) is 9.03. The molecule has 0 radical (unpaired) electrons. The molecule has 5 nitrogen and oxygen atoms in total. The van der Waals surface area contributed by atoms with Crippen molar-refractivity contribution < 1.29 is 9.53 Å². The van der Waals surface area contributed by atoms with E-state index in [2.05, 4.69) is 11.0 Å². The van der Waals surface area contributed by atoms with E-state index >= 15 is 0 Å². The van der Waals surface area contributed by atoms with Gasteiger partial charge in [0.05, 0.1) is 17.7 Å². The maximum atomic E-state index is 12.9. The lowest BCUT2D eigenvalue weighted by atomic mass is 10.1. The molecule has 1 aromatic carbocycles. The lowest BCUT2D eigenvalue weighted by Crippen LogP contribution is -2.42. The highest BCUT2D eigenvalue weighted by atomic mass is 16.5. The fraction of sp³-hybridized carbons (Fsp3) is 0.556. The van der Waals surface area contributed by atoms with E-state index in [1.165, 1.54) is 12.8 Å². The van der Waals surface area contributed by atoms with Crippen molar-refractivity contribution in [2.45, 2.75) is 31.4 Å². The number of carbonyl (C=O) groups excluding carboxylic acids is 1. The maximum Gasteiger partial charge on any atom is 0.254 e. The minimum atomic E-state index is 0.00541. The third kappa shape index (κ3) is 3.54. The van der Waals surface area contributed by atoms with E-state index < -0.39 is 0 Å². The van der Waals surface area contributed by atoms with Crippen molar-refractivity contribution in [2.75, 3.05) is 33.3 Å². The number of amides is 1. The summed E-state index contributed by atoms with van der Waals surface area (Å²) >= 11 is 0. The first-order valence-corrected chi connectivity index (χ1v) is 8.27. The minimum Gasteiger partial charge on any atom is -0.380 e. The number of methoxy groups -OCH3 is 1. The lowest BCUT2D eigenvalue weighted by molar-refractivity contribution is 0.0670. The van der Waals surface area contributed by atoms with Gasteiger partial charge in [-0.05, 0) is 50.6 Å². The standard InChI is InChI=1S/C18H23N3O2/c1-23-17-10-16(12-20-7-2-3-8-20)21(13-17)18(22)15-6-4-5-14(9-15)11-19/h4-6,9,16-17H,2-3,7-8,10,12-13H2,1H3/t16-,17-/m0/s1. The molecule has 3 rings (SSSR count). The molecule has 2 fully saturated rings. The number of hydrogen-bond donors (Lipinski definition) is 0. The van der Waals surface area contributed by atoms with E-state index in [4.69, 9.17) is 10.00 Å². The number of ether oxygens (including phenoxy) is 1. The lowest BCUT2D eigenvalue weighted by Gasteiger charge is -2.28. The quantitative estimate of drug-likeness (QED) is 0.852. The molecule has 2 saturated heterocycles. The summed E-state index contributed by atoms with van der Waals surface area (Å²) in [6.07, 6.45) is 3.49. The van der Waals surface area contributed by atoms with Crippen LogP contribution in [0.25, 0.3) is 0 Å². The second-order valence-electron chi connectivity index (χ2n) is 6.41. The largest absolute Gasteiger partial charge is 0.380 e. The van der Waals surface area contributed by atoms with Gasteiger partial charge >= 0.3 is 0 Å². The van der Waals surface area contributed by atoms with Crippen LogP contribution in [-0.4, -0.2) is 61.1 Å². The molecule has 1 amide bonds. The Balaban J connectivity index is 1.76. The first-order chi connectivity index (χ1) is 11.2. The molecule has 122 valence electrons. The Morgan fingerprint density at radius 2 is 2.17 bits per heavy atom. The molecule has 2 atom stereocenters. The van der Waals surface area contributed by atoms with Crippen LogP contribution in [0.1, 0.15) is 35.2 Å². The van der Waals surface area contributed by atoms with Gasteiger partial charge in [0.15, 0.2) is 0 Å². The molecule has 0 aromatic heterocycles. The van der Waals surface area contributed by atoms with Gasteiger partial charge < -0.3 is 14.5 Å². The minimum absolute atomic E-state index is 0.00541. The van der Waals surface area contributed by atoms with Gasteiger partial charge in [0.1, 0.15) is 0 Å². The SMILES string of the molecule is CO[C@H]1C[C@@H](CN2CCCC2)N(C(=O)c2cccc(C#N)c2)C1. The van der Waals surface area contributed by atoms with Crippen LogP contribution < -0.4 is 0 Å². The van der Waals surface area contributed by atoms with Crippen LogP contribution in [0.3, 0.4) is 0 Å². The molecule has 2 aliphatic heterocycles. The summed E-state index contributed by atoms with van der Waals surface area (Å²) < 4.78 is 5.50. The van der Waals surface area contributed by atoms with Crippen LogP contribution in [-0.2, 0) is 4.74 Å². The number of likely N-dealkylation sites (tertiary alicyclic amines) is 2. The number of benzene rings is 1. The van der Waals surface area contributed by atoms with E-state index in [-0.39, 0.29) is 18.1 Å². The molecular weight excluding hydrogens is 290 g/mol. The fourth-order valence-corrected chi connectivity index (χ4v) is 3.62. The topological polar surface area (TPSA) is 56.6 Å². The van der Waals surface area contributed by atoms with E-state index in [0.29, 0.717) is 17.7 Å².